The van der Waals surface area contributed by atoms with Crippen molar-refractivity contribution >= 4 is 41.7 Å². The third kappa shape index (κ3) is 8.60. The van der Waals surface area contributed by atoms with Crippen molar-refractivity contribution in [2.75, 3.05) is 20.3 Å². The molecule has 0 saturated heterocycles. The average Bonchev–Trinajstić information content (AvgIpc) is 3.03. The summed E-state index contributed by atoms with van der Waals surface area (Å²) in [7, 11) is -5.51. The van der Waals surface area contributed by atoms with Gasteiger partial charge in [0.1, 0.15) is 5.76 Å². The van der Waals surface area contributed by atoms with Gasteiger partial charge in [-0.25, -0.2) is 8.42 Å². The molecule has 1 aromatic carbocycles. The Bertz CT molecular complexity index is 1500. The Kier molecular flexibility index (Phi) is 13.7. The van der Waals surface area contributed by atoms with Crippen LogP contribution in [0.5, 0.6) is 0 Å². The molecule has 1 heterocycles. The molecule has 0 bridgehead atoms. The normalized spacial score (nSPS) is 24.6. The minimum absolute atomic E-state index is 0.00490. The van der Waals surface area contributed by atoms with Crippen molar-refractivity contribution in [3.8, 4) is 0 Å². The van der Waals surface area contributed by atoms with Gasteiger partial charge in [0, 0.05) is 56.0 Å². The molecule has 2 N–H and O–H groups in total. The number of hydrogen-bond donors (Lipinski definition) is 1. The molecule has 0 fully saturated rings. The molecular weight excluding hydrogens is 659 g/mol. The largest absolute Gasteiger partial charge is 0.497 e. The summed E-state index contributed by atoms with van der Waals surface area (Å²) >= 11 is 0. The zero-order valence-corrected chi connectivity index (χ0v) is 30.3. The molecule has 0 saturated carbocycles. The van der Waals surface area contributed by atoms with Gasteiger partial charge < -0.3 is 19.6 Å². The lowest BCUT2D eigenvalue weighted by atomic mass is 9.61. The van der Waals surface area contributed by atoms with E-state index in [4.69, 9.17) is 19.6 Å². The monoisotopic (exact) mass is 707 g/mol. The Labute approximate surface area is 284 Å². The number of hydrogen-bond acceptors (Lipinski definition) is 10. The number of benzene rings is 1. The van der Waals surface area contributed by atoms with E-state index in [1.807, 2.05) is 26.8 Å². The first-order valence-electron chi connectivity index (χ1n) is 16.5. The summed E-state index contributed by atoms with van der Waals surface area (Å²) < 4.78 is 48.6. The highest BCUT2D eigenvalue weighted by atomic mass is 32.2. The summed E-state index contributed by atoms with van der Waals surface area (Å²) in [6, 6.07) is 6.54. The van der Waals surface area contributed by atoms with Crippen molar-refractivity contribution < 1.29 is 41.6 Å². The van der Waals surface area contributed by atoms with Gasteiger partial charge >= 0.3 is 5.97 Å². The van der Waals surface area contributed by atoms with E-state index < -0.39 is 69.2 Å². The molecule has 15 heteroatoms. The second-order valence-corrected chi connectivity index (χ2v) is 19.1. The molecule has 0 spiro atoms. The van der Waals surface area contributed by atoms with Crippen molar-refractivity contribution in [3.63, 3.8) is 0 Å². The molecule has 1 aliphatic carbocycles. The number of nitro benzene ring substituents is 1. The number of sulfonamides is 1. The number of ether oxygens (including phenoxy) is 2. The lowest BCUT2D eigenvalue weighted by Crippen LogP contribution is -2.58. The van der Waals surface area contributed by atoms with Gasteiger partial charge in [-0.05, 0) is 56.3 Å². The van der Waals surface area contributed by atoms with E-state index in [-0.39, 0.29) is 44.0 Å². The van der Waals surface area contributed by atoms with Gasteiger partial charge in [-0.15, -0.1) is 0 Å². The molecule has 13 nitrogen and oxygen atoms in total. The summed E-state index contributed by atoms with van der Waals surface area (Å²) in [5.41, 5.74) is 3.60. The van der Waals surface area contributed by atoms with E-state index in [1.54, 1.807) is 6.08 Å². The van der Waals surface area contributed by atoms with Gasteiger partial charge in [0.2, 0.25) is 15.9 Å². The number of ketones is 1. The molecular formula is C33H49N3O10SSi. The third-order valence-corrected chi connectivity index (χ3v) is 16.4. The number of esters is 1. The molecule has 266 valence electrons. The fraction of sp³-hybridized carbons (Fsp3) is 0.606. The van der Waals surface area contributed by atoms with E-state index in [9.17, 15) is 32.9 Å². The first-order chi connectivity index (χ1) is 22.7. The molecule has 0 aromatic heterocycles. The van der Waals surface area contributed by atoms with Crippen molar-refractivity contribution in [1.29, 1.82) is 0 Å². The van der Waals surface area contributed by atoms with Crippen LogP contribution in [0.2, 0.25) is 18.1 Å². The van der Waals surface area contributed by atoms with Gasteiger partial charge in [-0.1, -0.05) is 45.1 Å². The van der Waals surface area contributed by atoms with Gasteiger partial charge in [-0.3, -0.25) is 24.5 Å². The maximum atomic E-state index is 14.4. The molecule has 0 unspecified atom stereocenters. The Morgan fingerprint density at radius 2 is 1.81 bits per heavy atom. The topological polar surface area (TPSA) is 185 Å². The standard InChI is InChI=1S/C33H49N3O10SSi/c1-6-48(7-2,8-3)45-23-33(26(18-19-31(34)39)28(38)21-29(44-5)32(33)46-24(4)37)22-25-15-11-9-10-14-20-35(25)47(42,43)30-17-13-12-16-27(30)36(40)41/h11-13,15-17,21,25-26,32H,6-10,14,18-20,22-23H2,1-5H3,(H2,34,39)/b15-11-/t25-,26-,32+,33-/m0/s1. The van der Waals surface area contributed by atoms with Gasteiger partial charge in [-0.2, -0.15) is 4.31 Å². The molecule has 0 radical (unpaired) electrons. The van der Waals surface area contributed by atoms with Crippen molar-refractivity contribution in [2.24, 2.45) is 17.1 Å². The number of carbonyl (C=O) groups is 3. The number of nitrogens with zero attached hydrogens (tertiary/aromatic N) is 2. The quantitative estimate of drug-likeness (QED) is 0.0804. The Balaban J connectivity index is 2.34. The lowest BCUT2D eigenvalue weighted by Gasteiger charge is -2.50. The first-order valence-corrected chi connectivity index (χ1v) is 20.5. The number of allylic oxidation sites excluding steroid dienone is 2. The van der Waals surface area contributed by atoms with Gasteiger partial charge in [0.25, 0.3) is 5.69 Å². The van der Waals surface area contributed by atoms with E-state index in [0.29, 0.717) is 19.3 Å². The Morgan fingerprint density at radius 3 is 2.40 bits per heavy atom. The Hall–Kier alpha value is -3.40. The van der Waals surface area contributed by atoms with Crippen LogP contribution in [0.4, 0.5) is 5.69 Å². The number of amides is 1. The third-order valence-electron chi connectivity index (χ3n) is 9.85. The average molecular weight is 708 g/mol. The summed E-state index contributed by atoms with van der Waals surface area (Å²) in [4.78, 5) is 49.6. The number of nitro groups is 1. The molecule has 2 aliphatic rings. The van der Waals surface area contributed by atoms with E-state index in [1.165, 1.54) is 42.6 Å². The van der Waals surface area contributed by atoms with E-state index in [0.717, 1.165) is 24.2 Å². The summed E-state index contributed by atoms with van der Waals surface area (Å²) in [6.07, 6.45) is 5.26. The van der Waals surface area contributed by atoms with Crippen LogP contribution in [0, 0.1) is 21.4 Å². The predicted octanol–water partition coefficient (Wildman–Crippen LogP) is 5.02. The SMILES string of the molecule is CC[Si](CC)(CC)OC[C@]1(C[C@@H]2/C=C\CCCCN2S(=O)(=O)c2ccccc2[N+](=O)[O-])[C@H](OC(C)=O)C(OC)=CC(=O)[C@@H]1CCC(N)=O. The lowest BCUT2D eigenvalue weighted by molar-refractivity contribution is -0.387. The van der Waals surface area contributed by atoms with Crippen LogP contribution >= 0.6 is 0 Å². The van der Waals surface area contributed by atoms with E-state index >= 15 is 0 Å². The number of primary amides is 1. The van der Waals surface area contributed by atoms with E-state index in [2.05, 4.69) is 0 Å². The van der Waals surface area contributed by atoms with Crippen LogP contribution < -0.4 is 5.73 Å². The molecule has 1 aromatic rings. The van der Waals surface area contributed by atoms with Crippen molar-refractivity contribution in [3.05, 3.63) is 58.4 Å². The van der Waals surface area contributed by atoms with Crippen LogP contribution in [0.1, 0.15) is 66.2 Å². The second kappa shape index (κ2) is 16.8. The fourth-order valence-electron chi connectivity index (χ4n) is 6.97. The van der Waals surface area contributed by atoms with Crippen molar-refractivity contribution in [1.82, 2.24) is 4.31 Å². The summed E-state index contributed by atoms with van der Waals surface area (Å²) in [5, 5.41) is 12.0. The van der Waals surface area contributed by atoms with Gasteiger partial charge in [0.05, 0.1) is 12.0 Å². The minimum Gasteiger partial charge on any atom is -0.497 e. The number of rotatable bonds is 16. The second-order valence-electron chi connectivity index (χ2n) is 12.5. The highest BCUT2D eigenvalue weighted by Crippen LogP contribution is 2.50. The summed E-state index contributed by atoms with van der Waals surface area (Å²) in [5.74, 6) is -2.57. The zero-order valence-electron chi connectivity index (χ0n) is 28.5. The molecule has 1 amide bonds. The van der Waals surface area contributed by atoms with Crippen LogP contribution in [0.25, 0.3) is 0 Å². The number of nitrogens with two attached hydrogens (primary N) is 1. The maximum Gasteiger partial charge on any atom is 0.303 e. The fourth-order valence-corrected chi connectivity index (χ4v) is 11.4. The predicted molar refractivity (Wildman–Crippen MR) is 182 cm³/mol. The number of methoxy groups -OCH3 is 1. The van der Waals surface area contributed by atoms with Gasteiger partial charge in [0.15, 0.2) is 25.1 Å². The molecule has 4 atom stereocenters. The van der Waals surface area contributed by atoms with Crippen LogP contribution in [0.3, 0.4) is 0 Å². The highest BCUT2D eigenvalue weighted by Gasteiger charge is 2.57. The van der Waals surface area contributed by atoms with Crippen LogP contribution in [-0.2, 0) is 38.3 Å². The Morgan fingerprint density at radius 1 is 1.15 bits per heavy atom. The first kappa shape index (κ1) is 39.0. The van der Waals surface area contributed by atoms with Crippen LogP contribution in [-0.4, -0.2) is 76.0 Å². The number of carbonyl (C=O) groups excluding carboxylic acids is 3. The molecule has 48 heavy (non-hydrogen) atoms. The molecule has 1 aliphatic heterocycles. The smallest absolute Gasteiger partial charge is 0.303 e. The van der Waals surface area contributed by atoms with Crippen molar-refractivity contribution in [2.45, 2.75) is 101 Å². The minimum atomic E-state index is -4.48. The number of para-hydroxylation sites is 1. The maximum absolute atomic E-state index is 14.4. The highest BCUT2D eigenvalue weighted by molar-refractivity contribution is 7.89. The van der Waals surface area contributed by atoms with Crippen LogP contribution in [0.15, 0.2) is 53.1 Å². The zero-order chi connectivity index (χ0) is 35.7. The summed E-state index contributed by atoms with van der Waals surface area (Å²) in [6.45, 7) is 7.33. The molecule has 3 rings (SSSR count).